The van der Waals surface area contributed by atoms with Gasteiger partial charge >= 0.3 is 5.97 Å². The van der Waals surface area contributed by atoms with E-state index in [4.69, 9.17) is 14.1 Å². The van der Waals surface area contributed by atoms with Gasteiger partial charge in [0.25, 0.3) is 0 Å². The summed E-state index contributed by atoms with van der Waals surface area (Å²) in [4.78, 5) is 16.7. The molecule has 0 amide bonds. The van der Waals surface area contributed by atoms with Crippen molar-refractivity contribution in [2.45, 2.75) is 6.92 Å². The molecule has 0 N–H and O–H groups in total. The number of carbonyl (C=O) groups excluding carboxylic acids is 1. The van der Waals surface area contributed by atoms with Gasteiger partial charge < -0.3 is 9.15 Å². The minimum atomic E-state index is -0.390. The molecule has 1 heterocycles. The van der Waals surface area contributed by atoms with Crippen LogP contribution in [0, 0.1) is 0 Å². The van der Waals surface area contributed by atoms with Crippen LogP contribution in [0.4, 0.5) is 5.69 Å². The smallest absolute Gasteiger partial charge is 0.330 e. The van der Waals surface area contributed by atoms with E-state index in [1.807, 2.05) is 84.9 Å². The van der Waals surface area contributed by atoms with E-state index in [9.17, 15) is 4.79 Å². The first-order valence-electron chi connectivity index (χ1n) is 9.82. The largest absolute Gasteiger partial charge is 0.463 e. The van der Waals surface area contributed by atoms with E-state index in [1.54, 1.807) is 13.0 Å². The van der Waals surface area contributed by atoms with E-state index in [0.717, 1.165) is 27.6 Å². The summed E-state index contributed by atoms with van der Waals surface area (Å²) in [5.41, 5.74) is 3.03. The Kier molecular flexibility index (Phi) is 5.85. The molecule has 0 fully saturated rings. The molecule has 0 saturated heterocycles. The maximum atomic E-state index is 12.0. The van der Waals surface area contributed by atoms with Crippen LogP contribution in [-0.4, -0.2) is 12.6 Å². The summed E-state index contributed by atoms with van der Waals surface area (Å²) < 4.78 is 11.4. The number of carbonyl (C=O) groups is 1. The third-order valence-electron chi connectivity index (χ3n) is 4.59. The maximum absolute atomic E-state index is 12.0. The summed E-state index contributed by atoms with van der Waals surface area (Å²) >= 11 is 0. The molecule has 4 nitrogen and oxygen atoms in total. The topological polar surface area (TPSA) is 51.8 Å². The summed E-state index contributed by atoms with van der Waals surface area (Å²) in [5.74, 6) is 0.253. The Labute approximate surface area is 174 Å². The SMILES string of the molecule is CCOC(=O)/C=C/c1c(-c2ccccc2)oc(=Nc2ccccc2)c2ccccc12. The molecule has 0 aliphatic rings. The van der Waals surface area contributed by atoms with E-state index in [-0.39, 0.29) is 0 Å². The summed E-state index contributed by atoms with van der Waals surface area (Å²) in [6.07, 6.45) is 3.18. The fraction of sp³-hybridized carbons (Fsp3) is 0.0769. The minimum absolute atomic E-state index is 0.328. The number of hydrogen-bond donors (Lipinski definition) is 0. The Morgan fingerprint density at radius 2 is 1.53 bits per heavy atom. The zero-order chi connectivity index (χ0) is 20.8. The van der Waals surface area contributed by atoms with Gasteiger partial charge in [-0.15, -0.1) is 0 Å². The first kappa shape index (κ1) is 19.4. The molecule has 0 saturated carbocycles. The van der Waals surface area contributed by atoms with Crippen molar-refractivity contribution in [3.63, 3.8) is 0 Å². The van der Waals surface area contributed by atoms with Crippen molar-refractivity contribution >= 4 is 28.5 Å². The fourth-order valence-corrected chi connectivity index (χ4v) is 3.25. The fourth-order valence-electron chi connectivity index (χ4n) is 3.25. The van der Waals surface area contributed by atoms with Crippen molar-refractivity contribution in [3.8, 4) is 11.3 Å². The lowest BCUT2D eigenvalue weighted by molar-refractivity contribution is -0.137. The molecule has 148 valence electrons. The molecule has 0 aliphatic carbocycles. The van der Waals surface area contributed by atoms with Crippen molar-refractivity contribution in [1.82, 2.24) is 0 Å². The van der Waals surface area contributed by atoms with E-state index >= 15 is 0 Å². The zero-order valence-electron chi connectivity index (χ0n) is 16.6. The van der Waals surface area contributed by atoms with Crippen LogP contribution in [0.25, 0.3) is 28.2 Å². The van der Waals surface area contributed by atoms with Crippen LogP contribution < -0.4 is 5.55 Å². The molecular formula is C26H21NO3. The van der Waals surface area contributed by atoms with Crippen LogP contribution in [0.5, 0.6) is 0 Å². The molecule has 0 unspecified atom stereocenters. The predicted octanol–water partition coefficient (Wildman–Crippen LogP) is 5.91. The number of fused-ring (bicyclic) bond motifs is 1. The number of benzene rings is 3. The molecule has 0 radical (unpaired) electrons. The number of hydrogen-bond acceptors (Lipinski definition) is 4. The zero-order valence-corrected chi connectivity index (χ0v) is 16.6. The van der Waals surface area contributed by atoms with Crippen LogP contribution >= 0.6 is 0 Å². The second kappa shape index (κ2) is 9.05. The lowest BCUT2D eigenvalue weighted by Crippen LogP contribution is -2.06. The van der Waals surface area contributed by atoms with Crippen LogP contribution in [0.15, 0.2) is 100 Å². The number of rotatable bonds is 5. The third kappa shape index (κ3) is 4.23. The highest BCUT2D eigenvalue weighted by atomic mass is 16.5. The molecule has 1 aromatic heterocycles. The monoisotopic (exact) mass is 395 g/mol. The minimum Gasteiger partial charge on any atom is -0.463 e. The molecule has 4 rings (SSSR count). The number of ether oxygens (including phenoxy) is 1. The molecule has 0 aliphatic heterocycles. The van der Waals surface area contributed by atoms with Crippen molar-refractivity contribution in [3.05, 3.63) is 102 Å². The highest BCUT2D eigenvalue weighted by molar-refractivity contribution is 5.97. The molecule has 4 heteroatoms. The summed E-state index contributed by atoms with van der Waals surface area (Å²) in [6.45, 7) is 2.11. The van der Waals surface area contributed by atoms with E-state index in [2.05, 4.69) is 0 Å². The summed E-state index contributed by atoms with van der Waals surface area (Å²) in [6, 6.07) is 27.4. The Hall–Kier alpha value is -3.92. The molecular weight excluding hydrogens is 374 g/mol. The standard InChI is InChI=1S/C26H21NO3/c1-2-29-24(28)18-17-22-21-15-9-10-16-23(21)26(27-20-13-7-4-8-14-20)30-25(22)19-11-5-3-6-12-19/h3-18H,2H2,1H3/b18-17+,27-26?. The number of esters is 1. The molecule has 0 atom stereocenters. The Morgan fingerprint density at radius 1 is 0.900 bits per heavy atom. The van der Waals surface area contributed by atoms with Crippen LogP contribution in [0.3, 0.4) is 0 Å². The second-order valence-electron chi connectivity index (χ2n) is 6.59. The van der Waals surface area contributed by atoms with Crippen molar-refractivity contribution in [2.75, 3.05) is 6.61 Å². The van der Waals surface area contributed by atoms with Crippen molar-refractivity contribution in [1.29, 1.82) is 0 Å². The Morgan fingerprint density at radius 3 is 2.23 bits per heavy atom. The van der Waals surface area contributed by atoms with Gasteiger partial charge in [-0.2, -0.15) is 0 Å². The third-order valence-corrected chi connectivity index (χ3v) is 4.59. The normalized spacial score (nSPS) is 11.8. The predicted molar refractivity (Wildman–Crippen MR) is 119 cm³/mol. The van der Waals surface area contributed by atoms with Crippen LogP contribution in [-0.2, 0) is 9.53 Å². The lowest BCUT2D eigenvalue weighted by atomic mass is 10.0. The van der Waals surface area contributed by atoms with Gasteiger partial charge in [-0.25, -0.2) is 9.79 Å². The van der Waals surface area contributed by atoms with Gasteiger partial charge in [0.15, 0.2) is 0 Å². The van der Waals surface area contributed by atoms with Gasteiger partial charge in [0.05, 0.1) is 12.3 Å². The highest BCUT2D eigenvalue weighted by Crippen LogP contribution is 2.30. The average molecular weight is 395 g/mol. The molecule has 3 aromatic carbocycles. The number of para-hydroxylation sites is 1. The van der Waals surface area contributed by atoms with Crippen molar-refractivity contribution < 1.29 is 13.9 Å². The lowest BCUT2D eigenvalue weighted by Gasteiger charge is -2.10. The summed E-state index contributed by atoms with van der Waals surface area (Å²) in [5, 5.41) is 1.81. The summed E-state index contributed by atoms with van der Waals surface area (Å²) in [7, 11) is 0. The van der Waals surface area contributed by atoms with Gasteiger partial charge in [-0.05, 0) is 36.6 Å². The van der Waals surface area contributed by atoms with E-state index in [1.165, 1.54) is 6.08 Å². The number of nitrogens with zero attached hydrogens (tertiary/aromatic N) is 1. The molecule has 0 spiro atoms. The van der Waals surface area contributed by atoms with Gasteiger partial charge in [0.1, 0.15) is 5.76 Å². The first-order valence-corrected chi connectivity index (χ1v) is 9.82. The van der Waals surface area contributed by atoms with Crippen LogP contribution in [0.2, 0.25) is 0 Å². The van der Waals surface area contributed by atoms with Crippen molar-refractivity contribution in [2.24, 2.45) is 4.99 Å². The van der Waals surface area contributed by atoms with Crippen LogP contribution in [0.1, 0.15) is 12.5 Å². The van der Waals surface area contributed by atoms with Gasteiger partial charge in [-0.3, -0.25) is 0 Å². The first-order chi connectivity index (χ1) is 14.8. The van der Waals surface area contributed by atoms with E-state index < -0.39 is 5.97 Å². The average Bonchev–Trinajstić information content (AvgIpc) is 2.79. The highest BCUT2D eigenvalue weighted by Gasteiger charge is 2.13. The molecule has 4 aromatic rings. The second-order valence-corrected chi connectivity index (χ2v) is 6.59. The maximum Gasteiger partial charge on any atom is 0.330 e. The molecule has 30 heavy (non-hydrogen) atoms. The Bertz CT molecular complexity index is 1260. The Balaban J connectivity index is 2.01. The van der Waals surface area contributed by atoms with Gasteiger partial charge in [0, 0.05) is 22.6 Å². The van der Waals surface area contributed by atoms with E-state index in [0.29, 0.717) is 17.9 Å². The molecule has 0 bridgehead atoms. The quantitative estimate of drug-likeness (QED) is 0.312. The van der Waals surface area contributed by atoms with Gasteiger partial charge in [0.2, 0.25) is 5.55 Å². The van der Waals surface area contributed by atoms with Gasteiger partial charge in [-0.1, -0.05) is 66.7 Å².